The normalized spacial score (nSPS) is 12.2. The van der Waals surface area contributed by atoms with Crippen LogP contribution in [0.2, 0.25) is 10.0 Å². The van der Waals surface area contributed by atoms with Gasteiger partial charge in [-0.3, -0.25) is 0 Å². The summed E-state index contributed by atoms with van der Waals surface area (Å²) in [6.07, 6.45) is 0. The van der Waals surface area contributed by atoms with Crippen molar-refractivity contribution in [2.24, 2.45) is 10.2 Å². The third kappa shape index (κ3) is 4.28. The van der Waals surface area contributed by atoms with E-state index in [0.29, 0.717) is 21.5 Å². The second-order valence-corrected chi connectivity index (χ2v) is 5.88. The van der Waals surface area contributed by atoms with E-state index >= 15 is 0 Å². The Hall–Kier alpha value is -2.04. The zero-order valence-electron chi connectivity index (χ0n) is 13.9. The topological polar surface area (TPSA) is 43.2 Å². The lowest BCUT2D eigenvalue weighted by atomic mass is 10.1. The number of hydrogen-bond acceptors (Lipinski definition) is 4. The number of benzene rings is 2. The molecule has 0 radical (unpaired) electrons. The zero-order valence-corrected chi connectivity index (χ0v) is 15.4. The molecule has 2 rings (SSSR count). The highest BCUT2D eigenvalue weighted by Crippen LogP contribution is 2.26. The first-order chi connectivity index (χ1) is 11.5. The van der Waals surface area contributed by atoms with Crippen molar-refractivity contribution < 1.29 is 9.47 Å². The molecule has 2 aromatic rings. The van der Waals surface area contributed by atoms with Crippen LogP contribution in [0.4, 0.5) is 0 Å². The molecule has 0 spiro atoms. The van der Waals surface area contributed by atoms with Crippen LogP contribution >= 0.6 is 23.2 Å². The van der Waals surface area contributed by atoms with E-state index < -0.39 is 0 Å². The summed E-state index contributed by atoms with van der Waals surface area (Å²) in [5, 5.41) is 9.61. The molecule has 0 N–H and O–H groups in total. The smallest absolute Gasteiger partial charge is 0.137 e. The second kappa shape index (κ2) is 8.18. The van der Waals surface area contributed by atoms with Crippen molar-refractivity contribution in [2.75, 3.05) is 14.2 Å². The number of halogens is 2. The Labute approximate surface area is 151 Å². The van der Waals surface area contributed by atoms with Crippen LogP contribution < -0.4 is 9.47 Å². The third-order valence-corrected chi connectivity index (χ3v) is 4.08. The van der Waals surface area contributed by atoms with Crippen molar-refractivity contribution in [3.8, 4) is 11.5 Å². The molecular weight excluding hydrogens is 347 g/mol. The highest BCUT2D eigenvalue weighted by molar-refractivity contribution is 6.32. The van der Waals surface area contributed by atoms with E-state index in [-0.39, 0.29) is 0 Å². The van der Waals surface area contributed by atoms with Crippen LogP contribution in [0.5, 0.6) is 11.5 Å². The molecule has 0 heterocycles. The standard InChI is InChI=1S/C18H18Cl2N2O2/c1-11(13-5-7-17(23-3)15(19)9-13)21-22-12(2)14-6-8-18(24-4)16(20)10-14/h5-10H,1-4H3/b21-11+,22-12+. The maximum atomic E-state index is 6.14. The molecule has 2 aromatic carbocycles. The van der Waals surface area contributed by atoms with Gasteiger partial charge < -0.3 is 9.47 Å². The minimum Gasteiger partial charge on any atom is -0.495 e. The fourth-order valence-corrected chi connectivity index (χ4v) is 2.56. The van der Waals surface area contributed by atoms with E-state index in [0.717, 1.165) is 22.6 Å². The van der Waals surface area contributed by atoms with E-state index in [4.69, 9.17) is 32.7 Å². The maximum Gasteiger partial charge on any atom is 0.137 e. The Morgan fingerprint density at radius 3 is 1.42 bits per heavy atom. The third-order valence-electron chi connectivity index (χ3n) is 3.49. The van der Waals surface area contributed by atoms with Gasteiger partial charge in [0.25, 0.3) is 0 Å². The highest BCUT2D eigenvalue weighted by Gasteiger charge is 2.06. The number of rotatable bonds is 5. The average Bonchev–Trinajstić information content (AvgIpc) is 2.59. The zero-order chi connectivity index (χ0) is 17.7. The summed E-state index contributed by atoms with van der Waals surface area (Å²) in [6.45, 7) is 3.74. The molecule has 0 amide bonds. The van der Waals surface area contributed by atoms with Crippen LogP contribution in [0.3, 0.4) is 0 Å². The summed E-state index contributed by atoms with van der Waals surface area (Å²) in [7, 11) is 3.16. The number of nitrogens with zero attached hydrogens (tertiary/aromatic N) is 2. The second-order valence-electron chi connectivity index (χ2n) is 5.07. The SMILES string of the molecule is COc1ccc(/C(C)=N/N=C(\C)c2ccc(OC)c(Cl)c2)cc1Cl. The Morgan fingerprint density at radius 1 is 0.750 bits per heavy atom. The van der Waals surface area contributed by atoms with Gasteiger partial charge in [0.15, 0.2) is 0 Å². The van der Waals surface area contributed by atoms with Gasteiger partial charge in [0.05, 0.1) is 35.7 Å². The van der Waals surface area contributed by atoms with Gasteiger partial charge in [-0.1, -0.05) is 23.2 Å². The van der Waals surface area contributed by atoms with Crippen LogP contribution in [0.25, 0.3) is 0 Å². The van der Waals surface area contributed by atoms with Crippen molar-refractivity contribution in [1.82, 2.24) is 0 Å². The molecule has 126 valence electrons. The molecule has 0 saturated heterocycles. The van der Waals surface area contributed by atoms with Crippen molar-refractivity contribution >= 4 is 34.6 Å². The lowest BCUT2D eigenvalue weighted by Crippen LogP contribution is -1.98. The summed E-state index contributed by atoms with van der Waals surface area (Å²) in [6, 6.07) is 11.0. The Bertz CT molecular complexity index is 734. The fraction of sp³-hybridized carbons (Fsp3) is 0.222. The van der Waals surface area contributed by atoms with Gasteiger partial charge in [-0.2, -0.15) is 10.2 Å². The molecular formula is C18H18Cl2N2O2. The first-order valence-corrected chi connectivity index (χ1v) is 7.98. The minimum absolute atomic E-state index is 0.534. The largest absolute Gasteiger partial charge is 0.495 e. The van der Waals surface area contributed by atoms with Gasteiger partial charge in [-0.15, -0.1) is 0 Å². The van der Waals surface area contributed by atoms with Crippen molar-refractivity contribution in [3.05, 3.63) is 57.6 Å². The molecule has 24 heavy (non-hydrogen) atoms. The van der Waals surface area contributed by atoms with E-state index in [1.807, 2.05) is 26.0 Å². The number of ether oxygens (including phenoxy) is 2. The van der Waals surface area contributed by atoms with Gasteiger partial charge in [0, 0.05) is 0 Å². The van der Waals surface area contributed by atoms with Crippen LogP contribution in [0.15, 0.2) is 46.6 Å². The first kappa shape index (κ1) is 18.3. The van der Waals surface area contributed by atoms with Gasteiger partial charge >= 0.3 is 0 Å². The summed E-state index contributed by atoms with van der Waals surface area (Å²) < 4.78 is 10.3. The van der Waals surface area contributed by atoms with Crippen molar-refractivity contribution in [1.29, 1.82) is 0 Å². The Balaban J connectivity index is 2.25. The lowest BCUT2D eigenvalue weighted by molar-refractivity contribution is 0.415. The van der Waals surface area contributed by atoms with Crippen LogP contribution in [-0.4, -0.2) is 25.6 Å². The minimum atomic E-state index is 0.534. The summed E-state index contributed by atoms with van der Waals surface area (Å²) in [5.74, 6) is 1.25. The van der Waals surface area contributed by atoms with E-state index in [2.05, 4.69) is 10.2 Å². The molecule has 0 saturated carbocycles. The molecule has 6 heteroatoms. The highest BCUT2D eigenvalue weighted by atomic mass is 35.5. The van der Waals surface area contributed by atoms with E-state index in [1.165, 1.54) is 0 Å². The Morgan fingerprint density at radius 2 is 1.12 bits per heavy atom. The average molecular weight is 365 g/mol. The van der Waals surface area contributed by atoms with Crippen molar-refractivity contribution in [2.45, 2.75) is 13.8 Å². The molecule has 0 aliphatic rings. The van der Waals surface area contributed by atoms with Crippen LogP contribution in [0, 0.1) is 0 Å². The van der Waals surface area contributed by atoms with E-state index in [1.54, 1.807) is 38.5 Å². The number of hydrogen-bond donors (Lipinski definition) is 0. The number of methoxy groups -OCH3 is 2. The summed E-state index contributed by atoms with van der Waals surface area (Å²) in [5.41, 5.74) is 3.26. The Kier molecular flexibility index (Phi) is 6.23. The molecule has 4 nitrogen and oxygen atoms in total. The molecule has 0 fully saturated rings. The maximum absolute atomic E-state index is 6.14. The fourth-order valence-electron chi connectivity index (χ4n) is 2.05. The molecule has 0 aliphatic heterocycles. The summed E-state index contributed by atoms with van der Waals surface area (Å²) >= 11 is 12.3. The molecule has 0 atom stereocenters. The van der Waals surface area contributed by atoms with Crippen LogP contribution in [-0.2, 0) is 0 Å². The van der Waals surface area contributed by atoms with Gasteiger partial charge in [0.2, 0.25) is 0 Å². The van der Waals surface area contributed by atoms with E-state index in [9.17, 15) is 0 Å². The van der Waals surface area contributed by atoms with Gasteiger partial charge in [-0.05, 0) is 61.4 Å². The predicted molar refractivity (Wildman–Crippen MR) is 100 cm³/mol. The lowest BCUT2D eigenvalue weighted by Gasteiger charge is -2.06. The monoisotopic (exact) mass is 364 g/mol. The quantitative estimate of drug-likeness (QED) is 0.537. The first-order valence-electron chi connectivity index (χ1n) is 7.23. The molecule has 0 aliphatic carbocycles. The molecule has 0 aromatic heterocycles. The molecule has 0 unspecified atom stereocenters. The van der Waals surface area contributed by atoms with Crippen LogP contribution in [0.1, 0.15) is 25.0 Å². The molecule has 0 bridgehead atoms. The summed E-state index contributed by atoms with van der Waals surface area (Å²) in [4.78, 5) is 0. The predicted octanol–water partition coefficient (Wildman–Crippen LogP) is 5.24. The van der Waals surface area contributed by atoms with Gasteiger partial charge in [-0.25, -0.2) is 0 Å². The van der Waals surface area contributed by atoms with Gasteiger partial charge in [0.1, 0.15) is 11.5 Å². The van der Waals surface area contributed by atoms with Crippen molar-refractivity contribution in [3.63, 3.8) is 0 Å².